The standard InChI is InChI=1S/C5H10F3NO2S.ClH/c1-4(9)2-12(10,11)3-5(6,7)8;/h4H,2-3,9H2,1H3;1H/t4-;/m1./s1. The van der Waals surface area contributed by atoms with Crippen molar-refractivity contribution >= 4 is 22.2 Å². The maximum Gasteiger partial charge on any atom is 0.402 e. The van der Waals surface area contributed by atoms with Gasteiger partial charge in [-0.25, -0.2) is 8.42 Å². The summed E-state index contributed by atoms with van der Waals surface area (Å²) >= 11 is 0. The summed E-state index contributed by atoms with van der Waals surface area (Å²) < 4.78 is 56.1. The molecule has 0 aliphatic carbocycles. The van der Waals surface area contributed by atoms with E-state index in [9.17, 15) is 21.6 Å². The number of alkyl halides is 3. The fourth-order valence-corrected chi connectivity index (χ4v) is 2.13. The first-order valence-electron chi connectivity index (χ1n) is 3.15. The van der Waals surface area contributed by atoms with Gasteiger partial charge < -0.3 is 5.73 Å². The summed E-state index contributed by atoms with van der Waals surface area (Å²) in [6.45, 7) is 1.34. The van der Waals surface area contributed by atoms with E-state index in [2.05, 4.69) is 0 Å². The van der Waals surface area contributed by atoms with Crippen LogP contribution in [-0.2, 0) is 9.84 Å². The van der Waals surface area contributed by atoms with Crippen molar-refractivity contribution in [1.29, 1.82) is 0 Å². The molecule has 0 aromatic carbocycles. The fraction of sp³-hybridized carbons (Fsp3) is 1.00. The predicted molar refractivity (Wildman–Crippen MR) is 45.6 cm³/mol. The molecule has 8 heteroatoms. The number of hydrogen-bond donors (Lipinski definition) is 1. The van der Waals surface area contributed by atoms with Gasteiger partial charge >= 0.3 is 6.18 Å². The van der Waals surface area contributed by atoms with E-state index in [1.54, 1.807) is 0 Å². The van der Waals surface area contributed by atoms with Crippen LogP contribution in [0.4, 0.5) is 13.2 Å². The second-order valence-electron chi connectivity index (χ2n) is 2.65. The van der Waals surface area contributed by atoms with Gasteiger partial charge in [0.25, 0.3) is 0 Å². The third kappa shape index (κ3) is 9.91. The quantitative estimate of drug-likeness (QED) is 0.793. The van der Waals surface area contributed by atoms with Crippen LogP contribution in [0, 0.1) is 0 Å². The van der Waals surface area contributed by atoms with Gasteiger partial charge in [-0.3, -0.25) is 0 Å². The van der Waals surface area contributed by atoms with Crippen molar-refractivity contribution in [2.24, 2.45) is 5.73 Å². The lowest BCUT2D eigenvalue weighted by Crippen LogP contribution is -2.32. The minimum Gasteiger partial charge on any atom is -0.327 e. The Balaban J connectivity index is 0. The Morgan fingerprint density at radius 1 is 1.38 bits per heavy atom. The van der Waals surface area contributed by atoms with Crippen LogP contribution in [0.2, 0.25) is 0 Å². The molecule has 0 aliphatic rings. The molecule has 0 aromatic heterocycles. The summed E-state index contributed by atoms with van der Waals surface area (Å²) in [6.07, 6.45) is -4.67. The molecule has 0 aromatic rings. The molecule has 2 N–H and O–H groups in total. The average molecular weight is 242 g/mol. The first-order chi connectivity index (χ1) is 5.12. The predicted octanol–water partition coefficient (Wildman–Crippen LogP) is 0.733. The van der Waals surface area contributed by atoms with Crippen molar-refractivity contribution in [3.05, 3.63) is 0 Å². The lowest BCUT2D eigenvalue weighted by Gasteiger charge is -2.08. The molecule has 3 nitrogen and oxygen atoms in total. The summed E-state index contributed by atoms with van der Waals surface area (Å²) in [7, 11) is -4.09. The number of hydrogen-bond acceptors (Lipinski definition) is 3. The molecule has 0 unspecified atom stereocenters. The van der Waals surface area contributed by atoms with Crippen LogP contribution in [-0.4, -0.2) is 32.1 Å². The molecule has 0 heterocycles. The van der Waals surface area contributed by atoms with Crippen molar-refractivity contribution in [2.45, 2.75) is 19.1 Å². The Labute approximate surface area is 80.8 Å². The van der Waals surface area contributed by atoms with Crippen LogP contribution in [0.25, 0.3) is 0 Å². The van der Waals surface area contributed by atoms with Gasteiger partial charge in [0.05, 0.1) is 5.75 Å². The lowest BCUT2D eigenvalue weighted by molar-refractivity contribution is -0.106. The topological polar surface area (TPSA) is 60.2 Å². The summed E-state index contributed by atoms with van der Waals surface area (Å²) in [6, 6.07) is -0.766. The smallest absolute Gasteiger partial charge is 0.327 e. The molecule has 0 aliphatic heterocycles. The zero-order valence-corrected chi connectivity index (χ0v) is 8.47. The number of sulfone groups is 1. The summed E-state index contributed by atoms with van der Waals surface area (Å²) in [5.74, 6) is -2.42. The van der Waals surface area contributed by atoms with Gasteiger partial charge in [-0.2, -0.15) is 13.2 Å². The highest BCUT2D eigenvalue weighted by atomic mass is 35.5. The summed E-state index contributed by atoms with van der Waals surface area (Å²) in [4.78, 5) is 0. The van der Waals surface area contributed by atoms with Crippen LogP contribution in [0.15, 0.2) is 0 Å². The summed E-state index contributed by atoms with van der Waals surface area (Å²) in [5.41, 5.74) is 5.05. The monoisotopic (exact) mass is 241 g/mol. The van der Waals surface area contributed by atoms with E-state index in [1.165, 1.54) is 6.92 Å². The van der Waals surface area contributed by atoms with Gasteiger partial charge in [0.2, 0.25) is 0 Å². The molecule has 0 radical (unpaired) electrons. The number of nitrogens with two attached hydrogens (primary N) is 1. The van der Waals surface area contributed by atoms with Crippen molar-refractivity contribution < 1.29 is 21.6 Å². The molecule has 0 fully saturated rings. The molecule has 0 rings (SSSR count). The highest BCUT2D eigenvalue weighted by Crippen LogP contribution is 2.17. The van der Waals surface area contributed by atoms with Crippen molar-refractivity contribution in [2.75, 3.05) is 11.5 Å². The third-order valence-corrected chi connectivity index (χ3v) is 2.70. The van der Waals surface area contributed by atoms with E-state index in [4.69, 9.17) is 5.73 Å². The van der Waals surface area contributed by atoms with E-state index in [0.29, 0.717) is 0 Å². The molecular weight excluding hydrogens is 231 g/mol. The normalized spacial score (nSPS) is 14.8. The maximum atomic E-state index is 11.6. The molecule has 82 valence electrons. The van der Waals surface area contributed by atoms with Gasteiger partial charge in [0, 0.05) is 6.04 Å². The van der Waals surface area contributed by atoms with Gasteiger partial charge in [0.15, 0.2) is 9.84 Å². The van der Waals surface area contributed by atoms with Crippen molar-refractivity contribution in [3.8, 4) is 0 Å². The largest absolute Gasteiger partial charge is 0.402 e. The van der Waals surface area contributed by atoms with Gasteiger partial charge in [-0.1, -0.05) is 0 Å². The van der Waals surface area contributed by atoms with Crippen LogP contribution >= 0.6 is 12.4 Å². The van der Waals surface area contributed by atoms with Gasteiger partial charge in [0.1, 0.15) is 5.75 Å². The van der Waals surface area contributed by atoms with Crippen LogP contribution in [0.1, 0.15) is 6.92 Å². The Morgan fingerprint density at radius 3 is 2.00 bits per heavy atom. The third-order valence-electron chi connectivity index (χ3n) is 0.900. The zero-order chi connectivity index (χ0) is 9.99. The first kappa shape index (κ1) is 15.5. The molecule has 0 saturated heterocycles. The number of halogens is 4. The highest BCUT2D eigenvalue weighted by molar-refractivity contribution is 7.91. The molecule has 0 saturated carbocycles. The minimum atomic E-state index is -4.67. The Hall–Kier alpha value is -0.0100. The second-order valence-corrected chi connectivity index (χ2v) is 4.76. The molecule has 0 spiro atoms. The van der Waals surface area contributed by atoms with Crippen LogP contribution in [0.5, 0.6) is 0 Å². The van der Waals surface area contributed by atoms with Gasteiger partial charge in [-0.05, 0) is 6.92 Å². The zero-order valence-electron chi connectivity index (χ0n) is 6.84. The molecule has 0 amide bonds. The first-order valence-corrected chi connectivity index (χ1v) is 4.97. The molecular formula is C5H11ClF3NO2S. The van der Waals surface area contributed by atoms with E-state index >= 15 is 0 Å². The lowest BCUT2D eigenvalue weighted by atomic mass is 10.4. The van der Waals surface area contributed by atoms with E-state index in [1.807, 2.05) is 0 Å². The Morgan fingerprint density at radius 2 is 1.77 bits per heavy atom. The fourth-order valence-electron chi connectivity index (χ4n) is 0.709. The van der Waals surface area contributed by atoms with Crippen molar-refractivity contribution in [1.82, 2.24) is 0 Å². The van der Waals surface area contributed by atoms with Crippen molar-refractivity contribution in [3.63, 3.8) is 0 Å². The maximum absolute atomic E-state index is 11.6. The average Bonchev–Trinajstić information content (AvgIpc) is 1.48. The van der Waals surface area contributed by atoms with Crippen LogP contribution in [0.3, 0.4) is 0 Å². The number of rotatable bonds is 3. The molecule has 1 atom stereocenters. The van der Waals surface area contributed by atoms with Crippen LogP contribution < -0.4 is 5.73 Å². The van der Waals surface area contributed by atoms with E-state index < -0.39 is 33.6 Å². The minimum absolute atomic E-state index is 0. The molecule has 0 bridgehead atoms. The van der Waals surface area contributed by atoms with E-state index in [0.717, 1.165) is 0 Å². The van der Waals surface area contributed by atoms with Gasteiger partial charge in [-0.15, -0.1) is 12.4 Å². The molecule has 13 heavy (non-hydrogen) atoms. The summed E-state index contributed by atoms with van der Waals surface area (Å²) in [5, 5.41) is 0. The Bertz CT molecular complexity index is 237. The highest BCUT2D eigenvalue weighted by Gasteiger charge is 2.35. The SMILES string of the molecule is C[C@@H](N)CS(=O)(=O)CC(F)(F)F.Cl. The van der Waals surface area contributed by atoms with E-state index in [-0.39, 0.29) is 12.4 Å². The second kappa shape index (κ2) is 5.02. The Kier molecular flexibility index (Phi) is 5.97.